The third-order valence-corrected chi connectivity index (χ3v) is 3.60. The molecule has 3 N–H and O–H groups in total. The highest BCUT2D eigenvalue weighted by Crippen LogP contribution is 2.60. The van der Waals surface area contributed by atoms with Gasteiger partial charge in [0.2, 0.25) is 0 Å². The SMILES string of the molecule is O=C(N/N=C\c1ccc(O)cc1O)C(F)(F)C(F)(F)C(F)(F)C(F)(F)C(F)(F)C(F)(F)F. The van der Waals surface area contributed by atoms with E-state index in [1.165, 1.54) is 0 Å². The number of aromatic hydroxyl groups is 2. The van der Waals surface area contributed by atoms with Gasteiger partial charge in [0.05, 0.1) is 6.21 Å². The summed E-state index contributed by atoms with van der Waals surface area (Å²) in [4.78, 5) is 11.1. The molecule has 0 bridgehead atoms. The maximum atomic E-state index is 13.5. The molecule has 0 saturated heterocycles. The van der Waals surface area contributed by atoms with Crippen LogP contribution in [0.2, 0.25) is 0 Å². The molecule has 0 aromatic heterocycles. The van der Waals surface area contributed by atoms with Crippen LogP contribution in [0.5, 0.6) is 11.5 Å². The minimum atomic E-state index is -8.13. The van der Waals surface area contributed by atoms with Gasteiger partial charge in [0.1, 0.15) is 11.5 Å². The summed E-state index contributed by atoms with van der Waals surface area (Å²) in [6.45, 7) is 0. The molecule has 0 aliphatic heterocycles. The summed E-state index contributed by atoms with van der Waals surface area (Å²) in [6, 6.07) is 2.26. The number of nitrogens with one attached hydrogen (secondary N) is 1. The van der Waals surface area contributed by atoms with E-state index in [4.69, 9.17) is 5.11 Å². The molecule has 0 fully saturated rings. The maximum absolute atomic E-state index is 13.5. The molecular formula is C14H7F13N2O3. The van der Waals surface area contributed by atoms with Crippen LogP contribution in [0.25, 0.3) is 0 Å². The van der Waals surface area contributed by atoms with Gasteiger partial charge in [-0.1, -0.05) is 0 Å². The van der Waals surface area contributed by atoms with Crippen LogP contribution in [0.3, 0.4) is 0 Å². The molecule has 0 aliphatic carbocycles. The largest absolute Gasteiger partial charge is 0.508 e. The number of carbonyl (C=O) groups excluding carboxylic acids is 1. The van der Waals surface area contributed by atoms with Crippen molar-refractivity contribution < 1.29 is 72.1 Å². The van der Waals surface area contributed by atoms with Gasteiger partial charge in [-0.15, -0.1) is 0 Å². The Bertz CT molecular complexity index is 896. The van der Waals surface area contributed by atoms with Gasteiger partial charge in [0.25, 0.3) is 0 Å². The van der Waals surface area contributed by atoms with Gasteiger partial charge in [0, 0.05) is 11.6 Å². The van der Waals surface area contributed by atoms with Gasteiger partial charge in [0.15, 0.2) is 0 Å². The predicted octanol–water partition coefficient (Wildman–Crippen LogP) is 4.29. The number of hydrogen-bond acceptors (Lipinski definition) is 4. The zero-order chi connectivity index (χ0) is 25.6. The monoisotopic (exact) mass is 498 g/mol. The first kappa shape index (κ1) is 27.1. The lowest BCUT2D eigenvalue weighted by atomic mass is 9.93. The molecule has 1 amide bonds. The van der Waals surface area contributed by atoms with Gasteiger partial charge in [-0.3, -0.25) is 4.79 Å². The number of nitrogens with zero attached hydrogens (tertiary/aromatic N) is 1. The van der Waals surface area contributed by atoms with E-state index in [-0.39, 0.29) is 6.21 Å². The first-order chi connectivity index (χ1) is 14.1. The van der Waals surface area contributed by atoms with Crippen molar-refractivity contribution in [2.75, 3.05) is 0 Å². The molecule has 0 radical (unpaired) electrons. The van der Waals surface area contributed by atoms with E-state index in [0.29, 0.717) is 11.5 Å². The van der Waals surface area contributed by atoms with Crippen molar-refractivity contribution in [3.63, 3.8) is 0 Å². The van der Waals surface area contributed by atoms with E-state index in [2.05, 4.69) is 5.10 Å². The number of hydrazone groups is 1. The summed E-state index contributed by atoms with van der Waals surface area (Å²) in [5.74, 6) is -44.0. The van der Waals surface area contributed by atoms with E-state index < -0.39 is 58.8 Å². The van der Waals surface area contributed by atoms with Gasteiger partial charge in [-0.25, -0.2) is 5.43 Å². The maximum Gasteiger partial charge on any atom is 0.460 e. The molecule has 182 valence electrons. The fourth-order valence-corrected chi connectivity index (χ4v) is 1.78. The Morgan fingerprint density at radius 1 is 0.781 bits per heavy atom. The molecule has 1 rings (SSSR count). The van der Waals surface area contributed by atoms with Crippen LogP contribution in [0.1, 0.15) is 5.56 Å². The Morgan fingerprint density at radius 2 is 1.25 bits per heavy atom. The second kappa shape index (κ2) is 7.88. The first-order valence-electron chi connectivity index (χ1n) is 7.37. The Morgan fingerprint density at radius 3 is 1.69 bits per heavy atom. The van der Waals surface area contributed by atoms with Crippen molar-refractivity contribution in [1.29, 1.82) is 0 Å². The lowest BCUT2D eigenvalue weighted by Gasteiger charge is -2.38. The second-order valence-electron chi connectivity index (χ2n) is 5.81. The molecule has 0 spiro atoms. The summed E-state index contributed by atoms with van der Waals surface area (Å²) >= 11 is 0. The number of hydrogen-bond donors (Lipinski definition) is 3. The normalized spacial score (nSPS) is 14.7. The third kappa shape index (κ3) is 4.08. The van der Waals surface area contributed by atoms with Crippen LogP contribution in [-0.4, -0.2) is 58.1 Å². The molecule has 1 aromatic carbocycles. The van der Waals surface area contributed by atoms with E-state index in [1.54, 1.807) is 0 Å². The fourth-order valence-electron chi connectivity index (χ4n) is 1.78. The van der Waals surface area contributed by atoms with Gasteiger partial charge < -0.3 is 10.2 Å². The third-order valence-electron chi connectivity index (χ3n) is 3.60. The van der Waals surface area contributed by atoms with Crippen molar-refractivity contribution in [1.82, 2.24) is 5.43 Å². The van der Waals surface area contributed by atoms with Crippen molar-refractivity contribution >= 4 is 12.1 Å². The van der Waals surface area contributed by atoms with E-state index in [0.717, 1.165) is 12.1 Å². The van der Waals surface area contributed by atoms with E-state index >= 15 is 0 Å². The summed E-state index contributed by atoms with van der Waals surface area (Å²) in [7, 11) is 0. The summed E-state index contributed by atoms with van der Waals surface area (Å²) in [5.41, 5.74) is -0.0632. The molecule has 0 aliphatic rings. The number of phenols is 2. The highest BCUT2D eigenvalue weighted by molar-refractivity contribution is 5.88. The molecule has 5 nitrogen and oxygen atoms in total. The average Bonchev–Trinajstić information content (AvgIpc) is 2.61. The fraction of sp³-hybridized carbons (Fsp3) is 0.429. The van der Waals surface area contributed by atoms with E-state index in [1.807, 2.05) is 0 Å². The smallest absolute Gasteiger partial charge is 0.460 e. The summed E-state index contributed by atoms with van der Waals surface area (Å²) < 4.78 is 168. The zero-order valence-electron chi connectivity index (χ0n) is 14.5. The van der Waals surface area contributed by atoms with Gasteiger partial charge in [-0.05, 0) is 12.1 Å². The predicted molar refractivity (Wildman–Crippen MR) is 76.3 cm³/mol. The minimum Gasteiger partial charge on any atom is -0.508 e. The Hall–Kier alpha value is -2.95. The number of alkyl halides is 13. The molecular weight excluding hydrogens is 491 g/mol. The second-order valence-corrected chi connectivity index (χ2v) is 5.81. The van der Waals surface area contributed by atoms with Crippen LogP contribution >= 0.6 is 0 Å². The minimum absolute atomic E-state index is 0.200. The number of amides is 1. The Balaban J connectivity index is 3.26. The van der Waals surface area contributed by atoms with Crippen LogP contribution in [0.4, 0.5) is 57.1 Å². The number of rotatable bonds is 7. The highest BCUT2D eigenvalue weighted by Gasteiger charge is 2.91. The van der Waals surface area contributed by atoms with E-state index in [9.17, 15) is 67.0 Å². The first-order valence-corrected chi connectivity index (χ1v) is 7.37. The summed E-state index contributed by atoms with van der Waals surface area (Å²) in [5, 5.41) is 20.8. The molecule has 0 saturated carbocycles. The molecule has 1 aromatic rings. The van der Waals surface area contributed by atoms with Crippen LogP contribution in [0, 0.1) is 0 Å². The molecule has 32 heavy (non-hydrogen) atoms. The van der Waals surface area contributed by atoms with Crippen LogP contribution in [-0.2, 0) is 4.79 Å². The molecule has 0 heterocycles. The van der Waals surface area contributed by atoms with Crippen LogP contribution < -0.4 is 5.43 Å². The Labute approximate surface area is 167 Å². The average molecular weight is 498 g/mol. The summed E-state index contributed by atoms with van der Waals surface area (Å²) in [6.07, 6.45) is -7.37. The number of phenolic OH excluding ortho intramolecular Hbond substituents is 2. The van der Waals surface area contributed by atoms with Gasteiger partial charge in [-0.2, -0.15) is 62.2 Å². The van der Waals surface area contributed by atoms with Crippen molar-refractivity contribution in [3.8, 4) is 11.5 Å². The number of carbonyl (C=O) groups is 1. The molecule has 0 unspecified atom stereocenters. The van der Waals surface area contributed by atoms with Crippen molar-refractivity contribution in [2.24, 2.45) is 5.10 Å². The van der Waals surface area contributed by atoms with Crippen molar-refractivity contribution in [2.45, 2.75) is 35.8 Å². The highest BCUT2D eigenvalue weighted by atomic mass is 19.4. The quantitative estimate of drug-likeness (QED) is 0.298. The van der Waals surface area contributed by atoms with Crippen LogP contribution in [0.15, 0.2) is 23.3 Å². The lowest BCUT2D eigenvalue weighted by Crippen LogP contribution is -2.71. The van der Waals surface area contributed by atoms with Gasteiger partial charge >= 0.3 is 41.7 Å². The topological polar surface area (TPSA) is 81.9 Å². The number of benzene rings is 1. The number of halogens is 13. The lowest BCUT2D eigenvalue weighted by molar-refractivity contribution is -0.436. The molecule has 0 atom stereocenters. The van der Waals surface area contributed by atoms with Crippen molar-refractivity contribution in [3.05, 3.63) is 23.8 Å². The zero-order valence-corrected chi connectivity index (χ0v) is 14.5. The molecule has 18 heteroatoms. The standard InChI is InChI=1S/C14H7F13N2O3/c15-9(16,8(32)29-28-4-5-1-2-6(30)3-7(5)31)10(17,18)11(19,20)12(21,22)13(23,24)14(25,26)27/h1-4,30-31H,(H,29,32)/b28-4-. The Kier molecular flexibility index (Phi) is 6.67.